The van der Waals surface area contributed by atoms with E-state index in [1.54, 1.807) is 0 Å². The van der Waals surface area contributed by atoms with E-state index in [0.717, 1.165) is 17.5 Å². The molecule has 2 aromatic rings. The van der Waals surface area contributed by atoms with E-state index >= 15 is 0 Å². The Labute approximate surface area is 201 Å². The summed E-state index contributed by atoms with van der Waals surface area (Å²) >= 11 is 0. The van der Waals surface area contributed by atoms with Crippen molar-refractivity contribution >= 4 is 18.0 Å². The minimum atomic E-state index is -1.05. The van der Waals surface area contributed by atoms with Gasteiger partial charge in [-0.1, -0.05) is 62.4 Å². The second-order valence-electron chi connectivity index (χ2n) is 9.43. The number of amides is 2. The summed E-state index contributed by atoms with van der Waals surface area (Å²) in [7, 11) is 1.49. The van der Waals surface area contributed by atoms with Crippen LogP contribution in [0.15, 0.2) is 48.5 Å². The lowest BCUT2D eigenvalue weighted by molar-refractivity contribution is -0.148. The van der Waals surface area contributed by atoms with E-state index < -0.39 is 18.1 Å². The maximum Gasteiger partial charge on any atom is 0.407 e. The van der Waals surface area contributed by atoms with E-state index in [1.165, 1.54) is 30.0 Å². The molecule has 2 N–H and O–H groups in total. The molecule has 2 amide bonds. The van der Waals surface area contributed by atoms with Crippen molar-refractivity contribution in [2.24, 2.45) is 11.8 Å². The number of ether oxygens (including phenoxy) is 1. The third kappa shape index (κ3) is 5.95. The first-order valence-electron chi connectivity index (χ1n) is 11.8. The summed E-state index contributed by atoms with van der Waals surface area (Å²) in [6.07, 6.45) is 0.371. The number of likely N-dealkylation sites (N-methyl/N-ethyl adjacent to an activating group) is 1. The van der Waals surface area contributed by atoms with Crippen LogP contribution < -0.4 is 5.32 Å². The number of benzene rings is 2. The number of carbonyl (C=O) groups is 3. The summed E-state index contributed by atoms with van der Waals surface area (Å²) < 4.78 is 5.59. The molecule has 1 aliphatic rings. The highest BCUT2D eigenvalue weighted by Crippen LogP contribution is 2.44. The lowest BCUT2D eigenvalue weighted by Crippen LogP contribution is -2.42. The topological polar surface area (TPSA) is 95.9 Å². The molecule has 0 radical (unpaired) electrons. The largest absolute Gasteiger partial charge is 0.480 e. The summed E-state index contributed by atoms with van der Waals surface area (Å²) in [5, 5.41) is 12.0. The van der Waals surface area contributed by atoms with Gasteiger partial charge in [-0.05, 0) is 47.4 Å². The van der Waals surface area contributed by atoms with Crippen LogP contribution in [0.25, 0.3) is 11.1 Å². The number of hydrogen-bond donors (Lipinski definition) is 2. The lowest BCUT2D eigenvalue weighted by atomic mass is 9.93. The Bertz CT molecular complexity index is 990. The molecule has 0 bridgehead atoms. The van der Waals surface area contributed by atoms with Crippen LogP contribution in [0.1, 0.15) is 50.7 Å². The first-order valence-corrected chi connectivity index (χ1v) is 11.8. The summed E-state index contributed by atoms with van der Waals surface area (Å²) in [4.78, 5) is 37.5. The van der Waals surface area contributed by atoms with Crippen molar-refractivity contribution < 1.29 is 24.2 Å². The van der Waals surface area contributed by atoms with Crippen LogP contribution in [-0.4, -0.2) is 54.2 Å². The number of nitrogens with zero attached hydrogens (tertiary/aromatic N) is 1. The minimum Gasteiger partial charge on any atom is -0.480 e. The fourth-order valence-electron chi connectivity index (χ4n) is 4.56. The fraction of sp³-hybridized carbons (Fsp3) is 0.444. The van der Waals surface area contributed by atoms with Crippen molar-refractivity contribution in [3.05, 3.63) is 59.7 Å². The molecule has 0 spiro atoms. The summed E-state index contributed by atoms with van der Waals surface area (Å²) in [5.74, 6) is -1.11. The second-order valence-corrected chi connectivity index (χ2v) is 9.43. The Hall–Kier alpha value is -3.35. The van der Waals surface area contributed by atoms with Gasteiger partial charge in [0.05, 0.1) is 0 Å². The summed E-state index contributed by atoms with van der Waals surface area (Å²) in [6.45, 7) is 6.09. The van der Waals surface area contributed by atoms with Crippen LogP contribution in [-0.2, 0) is 14.3 Å². The van der Waals surface area contributed by atoms with Gasteiger partial charge in [-0.25, -0.2) is 9.59 Å². The van der Waals surface area contributed by atoms with Gasteiger partial charge in [-0.15, -0.1) is 0 Å². The zero-order valence-corrected chi connectivity index (χ0v) is 20.3. The molecular weight excluding hydrogens is 432 g/mol. The molecule has 2 atom stereocenters. The molecule has 7 heteroatoms. The molecule has 0 saturated carbocycles. The van der Waals surface area contributed by atoms with Crippen LogP contribution in [0.5, 0.6) is 0 Å². The van der Waals surface area contributed by atoms with Crippen molar-refractivity contribution in [1.82, 2.24) is 10.2 Å². The lowest BCUT2D eigenvalue weighted by Gasteiger charge is -2.25. The van der Waals surface area contributed by atoms with Crippen molar-refractivity contribution in [1.29, 1.82) is 0 Å². The van der Waals surface area contributed by atoms with Gasteiger partial charge in [0.2, 0.25) is 5.91 Å². The Morgan fingerprint density at radius 1 is 1.00 bits per heavy atom. The van der Waals surface area contributed by atoms with Crippen LogP contribution in [0.2, 0.25) is 0 Å². The van der Waals surface area contributed by atoms with Crippen molar-refractivity contribution in [2.75, 3.05) is 20.2 Å². The first kappa shape index (κ1) is 25.3. The number of hydrogen-bond acceptors (Lipinski definition) is 4. The number of carboxylic acids is 1. The zero-order valence-electron chi connectivity index (χ0n) is 20.3. The average Bonchev–Trinajstić information content (AvgIpc) is 3.13. The van der Waals surface area contributed by atoms with Gasteiger partial charge in [0.15, 0.2) is 0 Å². The van der Waals surface area contributed by atoms with E-state index in [0.29, 0.717) is 5.92 Å². The molecule has 2 aromatic carbocycles. The molecule has 0 aromatic heterocycles. The van der Waals surface area contributed by atoms with Gasteiger partial charge in [0.1, 0.15) is 12.6 Å². The molecule has 3 rings (SSSR count). The summed E-state index contributed by atoms with van der Waals surface area (Å²) in [6, 6.07) is 15.4. The van der Waals surface area contributed by atoms with E-state index in [-0.39, 0.29) is 37.3 Å². The van der Waals surface area contributed by atoms with Gasteiger partial charge in [0, 0.05) is 25.9 Å². The highest BCUT2D eigenvalue weighted by atomic mass is 16.5. The standard InChI is InChI=1S/C27H34N2O5/c1-17(2)13-19(14-25(30)29(4)18(3)26(31)32)15-28-27(33)34-16-24-22-11-7-5-9-20(22)21-10-6-8-12-23(21)24/h5-12,17-19,24H,13-16H2,1-4H3,(H,28,33)(H,31,32). The van der Waals surface area contributed by atoms with Crippen molar-refractivity contribution in [2.45, 2.75) is 45.6 Å². The quantitative estimate of drug-likeness (QED) is 0.537. The van der Waals surface area contributed by atoms with E-state index in [1.807, 2.05) is 38.1 Å². The smallest absolute Gasteiger partial charge is 0.407 e. The molecule has 2 unspecified atom stereocenters. The number of rotatable bonds is 10. The van der Waals surface area contributed by atoms with Gasteiger partial charge in [0.25, 0.3) is 0 Å². The molecule has 0 aliphatic heterocycles. The maximum absolute atomic E-state index is 12.6. The highest BCUT2D eigenvalue weighted by Gasteiger charge is 2.29. The number of fused-ring (bicyclic) bond motifs is 3. The zero-order chi connectivity index (χ0) is 24.8. The number of nitrogens with one attached hydrogen (secondary N) is 1. The third-order valence-electron chi connectivity index (χ3n) is 6.48. The number of alkyl carbamates (subject to hydrolysis) is 1. The van der Waals surface area contributed by atoms with Gasteiger partial charge < -0.3 is 20.1 Å². The SMILES string of the molecule is CC(C)CC(CNC(=O)OCC1c2ccccc2-c2ccccc21)CC(=O)N(C)C(C)C(=O)O. The number of aliphatic carboxylic acids is 1. The van der Waals surface area contributed by atoms with Crippen LogP contribution >= 0.6 is 0 Å². The van der Waals surface area contributed by atoms with Crippen LogP contribution in [0.4, 0.5) is 4.79 Å². The van der Waals surface area contributed by atoms with Gasteiger partial charge in [-0.2, -0.15) is 0 Å². The first-order chi connectivity index (χ1) is 16.2. The molecule has 182 valence electrons. The van der Waals surface area contributed by atoms with Crippen LogP contribution in [0, 0.1) is 11.8 Å². The number of carbonyl (C=O) groups excluding carboxylic acids is 2. The molecular formula is C27H34N2O5. The molecule has 0 fully saturated rings. The third-order valence-corrected chi connectivity index (χ3v) is 6.48. The molecule has 0 saturated heterocycles. The molecule has 7 nitrogen and oxygen atoms in total. The Morgan fingerprint density at radius 3 is 2.09 bits per heavy atom. The predicted molar refractivity (Wildman–Crippen MR) is 131 cm³/mol. The monoisotopic (exact) mass is 466 g/mol. The Balaban J connectivity index is 1.57. The minimum absolute atomic E-state index is 0.0163. The molecule has 34 heavy (non-hydrogen) atoms. The van der Waals surface area contributed by atoms with E-state index in [4.69, 9.17) is 9.84 Å². The van der Waals surface area contributed by atoms with E-state index in [9.17, 15) is 14.4 Å². The molecule has 0 heterocycles. The van der Waals surface area contributed by atoms with Crippen molar-refractivity contribution in [3.8, 4) is 11.1 Å². The van der Waals surface area contributed by atoms with Gasteiger partial charge >= 0.3 is 12.1 Å². The Morgan fingerprint density at radius 2 is 1.56 bits per heavy atom. The van der Waals surface area contributed by atoms with E-state index in [2.05, 4.69) is 29.6 Å². The predicted octanol–water partition coefficient (Wildman–Crippen LogP) is 4.51. The van der Waals surface area contributed by atoms with Gasteiger partial charge in [-0.3, -0.25) is 4.79 Å². The normalized spacial score (nSPS) is 14.1. The second kappa shape index (κ2) is 11.2. The number of carboxylic acid groups (broad SMARTS) is 1. The Kier molecular flexibility index (Phi) is 8.31. The summed E-state index contributed by atoms with van der Waals surface area (Å²) in [5.41, 5.74) is 4.63. The molecule has 1 aliphatic carbocycles. The van der Waals surface area contributed by atoms with Crippen LogP contribution in [0.3, 0.4) is 0 Å². The fourth-order valence-corrected chi connectivity index (χ4v) is 4.56. The van der Waals surface area contributed by atoms with Crippen molar-refractivity contribution in [3.63, 3.8) is 0 Å². The maximum atomic E-state index is 12.6. The average molecular weight is 467 g/mol. The highest BCUT2D eigenvalue weighted by molar-refractivity contribution is 5.83.